The van der Waals surface area contributed by atoms with E-state index < -0.39 is 0 Å². The molecule has 1 aromatic rings. The molecule has 4 nitrogen and oxygen atoms in total. The number of piperidine rings is 1. The Morgan fingerprint density at radius 2 is 2.09 bits per heavy atom. The van der Waals surface area contributed by atoms with E-state index in [1.807, 2.05) is 16.3 Å². The Morgan fingerprint density at radius 1 is 1.26 bits per heavy atom. The Hall–Kier alpha value is -1.36. The molecule has 1 aromatic heterocycles. The normalized spacial score (nSPS) is 27.4. The lowest BCUT2D eigenvalue weighted by atomic mass is 9.94. The fourth-order valence-electron chi connectivity index (χ4n) is 3.89. The van der Waals surface area contributed by atoms with E-state index in [1.54, 1.807) is 11.3 Å². The number of amides is 2. The third-order valence-corrected chi connectivity index (χ3v) is 6.56. The highest BCUT2D eigenvalue weighted by Crippen LogP contribution is 2.35. The van der Waals surface area contributed by atoms with Gasteiger partial charge in [-0.2, -0.15) is 0 Å². The molecule has 23 heavy (non-hydrogen) atoms. The van der Waals surface area contributed by atoms with E-state index in [0.29, 0.717) is 24.9 Å². The molecule has 0 N–H and O–H groups in total. The van der Waals surface area contributed by atoms with Crippen molar-refractivity contribution in [2.45, 2.75) is 45.1 Å². The molecule has 0 spiro atoms. The molecule has 0 unspecified atom stereocenters. The average Bonchev–Trinajstić information content (AvgIpc) is 3.31. The van der Waals surface area contributed by atoms with Crippen LogP contribution in [0.4, 0.5) is 0 Å². The van der Waals surface area contributed by atoms with Crippen molar-refractivity contribution in [2.24, 2.45) is 11.8 Å². The zero-order valence-corrected chi connectivity index (χ0v) is 14.5. The fraction of sp³-hybridized carbons (Fsp3) is 0.667. The molecule has 4 fully saturated rings. The van der Waals surface area contributed by atoms with Crippen molar-refractivity contribution in [3.63, 3.8) is 0 Å². The van der Waals surface area contributed by atoms with Crippen molar-refractivity contribution < 1.29 is 9.59 Å². The molecule has 4 aliphatic rings. The highest BCUT2D eigenvalue weighted by molar-refractivity contribution is 7.10. The van der Waals surface area contributed by atoms with Crippen LogP contribution >= 0.6 is 11.3 Å². The van der Waals surface area contributed by atoms with E-state index in [-0.39, 0.29) is 17.9 Å². The molecule has 1 aliphatic carbocycles. The second-order valence-corrected chi connectivity index (χ2v) is 8.22. The van der Waals surface area contributed by atoms with E-state index in [0.717, 1.165) is 31.4 Å². The summed E-state index contributed by atoms with van der Waals surface area (Å²) >= 11 is 1.66. The van der Waals surface area contributed by atoms with Gasteiger partial charge in [0.15, 0.2) is 0 Å². The Balaban J connectivity index is 1.52. The second kappa shape index (κ2) is 5.93. The molecule has 3 aliphatic heterocycles. The van der Waals surface area contributed by atoms with Crippen LogP contribution in [0.1, 0.15) is 47.8 Å². The third kappa shape index (κ3) is 2.91. The van der Waals surface area contributed by atoms with Gasteiger partial charge in [-0.05, 0) is 44.1 Å². The first-order chi connectivity index (χ1) is 11.2. The van der Waals surface area contributed by atoms with Crippen LogP contribution in [0.5, 0.6) is 0 Å². The molecule has 5 heteroatoms. The number of aryl methyl sites for hydroxylation is 1. The first-order valence-corrected chi connectivity index (χ1v) is 9.70. The SMILES string of the molecule is CCc1cc(C(=O)N2C[C@H]3CC[C@@H](C2)N(CC2CC2)C3=O)cs1. The van der Waals surface area contributed by atoms with Gasteiger partial charge in [-0.25, -0.2) is 0 Å². The highest BCUT2D eigenvalue weighted by atomic mass is 32.1. The van der Waals surface area contributed by atoms with Crippen LogP contribution in [0.3, 0.4) is 0 Å². The monoisotopic (exact) mass is 332 g/mol. The molecule has 5 rings (SSSR count). The van der Waals surface area contributed by atoms with Crippen LogP contribution in [0.25, 0.3) is 0 Å². The molecule has 1 saturated carbocycles. The number of thiophene rings is 1. The number of carbonyl (C=O) groups is 2. The first-order valence-electron chi connectivity index (χ1n) is 8.83. The number of rotatable bonds is 4. The Morgan fingerprint density at radius 3 is 2.78 bits per heavy atom. The lowest BCUT2D eigenvalue weighted by molar-refractivity contribution is -0.140. The molecule has 4 heterocycles. The molecule has 124 valence electrons. The zero-order chi connectivity index (χ0) is 16.0. The summed E-state index contributed by atoms with van der Waals surface area (Å²) in [5.74, 6) is 1.13. The first kappa shape index (κ1) is 15.2. The summed E-state index contributed by atoms with van der Waals surface area (Å²) in [6.07, 6.45) is 5.49. The maximum atomic E-state index is 12.9. The third-order valence-electron chi connectivity index (χ3n) is 5.48. The number of hydrogen-bond acceptors (Lipinski definition) is 3. The summed E-state index contributed by atoms with van der Waals surface area (Å²) in [6.45, 7) is 4.35. The van der Waals surface area contributed by atoms with Crippen molar-refractivity contribution in [2.75, 3.05) is 19.6 Å². The molecule has 0 aromatic carbocycles. The van der Waals surface area contributed by atoms with Gasteiger partial charge in [-0.3, -0.25) is 9.59 Å². The topological polar surface area (TPSA) is 40.6 Å². The molecule has 2 amide bonds. The standard InChI is InChI=1S/C18H24N2O2S/c1-2-16-7-14(11-23-16)17(21)19-9-13-5-6-15(10-19)20(18(13)22)8-12-3-4-12/h7,11-13,15H,2-6,8-10H2,1H3/t13-,15+/m1/s1. The van der Waals surface area contributed by atoms with Gasteiger partial charge in [0.05, 0.1) is 11.5 Å². The van der Waals surface area contributed by atoms with Crippen LogP contribution in [0.2, 0.25) is 0 Å². The summed E-state index contributed by atoms with van der Waals surface area (Å²) < 4.78 is 0. The Labute approximate surface area is 141 Å². The van der Waals surface area contributed by atoms with Gasteiger partial charge in [0.1, 0.15) is 0 Å². The predicted octanol–water partition coefficient (Wildman–Crippen LogP) is 2.78. The van der Waals surface area contributed by atoms with Gasteiger partial charge < -0.3 is 9.80 Å². The summed E-state index contributed by atoms with van der Waals surface area (Å²) in [4.78, 5) is 30.9. The van der Waals surface area contributed by atoms with Crippen molar-refractivity contribution in [1.82, 2.24) is 9.80 Å². The van der Waals surface area contributed by atoms with E-state index in [2.05, 4.69) is 11.8 Å². The van der Waals surface area contributed by atoms with E-state index in [1.165, 1.54) is 17.7 Å². The average molecular weight is 332 g/mol. The van der Waals surface area contributed by atoms with Crippen molar-refractivity contribution in [3.05, 3.63) is 21.9 Å². The van der Waals surface area contributed by atoms with Crippen LogP contribution in [0.15, 0.2) is 11.4 Å². The zero-order valence-electron chi connectivity index (χ0n) is 13.7. The molecule has 0 radical (unpaired) electrons. The van der Waals surface area contributed by atoms with E-state index in [4.69, 9.17) is 0 Å². The molecule has 2 atom stereocenters. The van der Waals surface area contributed by atoms with E-state index >= 15 is 0 Å². The largest absolute Gasteiger partial charge is 0.337 e. The number of nitrogens with zero attached hydrogens (tertiary/aromatic N) is 2. The van der Waals surface area contributed by atoms with Gasteiger partial charge >= 0.3 is 0 Å². The van der Waals surface area contributed by atoms with Gasteiger partial charge in [0, 0.05) is 35.9 Å². The summed E-state index contributed by atoms with van der Waals surface area (Å²) in [7, 11) is 0. The van der Waals surface area contributed by atoms with Crippen molar-refractivity contribution >= 4 is 23.2 Å². The smallest absolute Gasteiger partial charge is 0.254 e. The van der Waals surface area contributed by atoms with Crippen molar-refractivity contribution in [3.8, 4) is 0 Å². The lowest BCUT2D eigenvalue weighted by Gasteiger charge is -2.36. The van der Waals surface area contributed by atoms with Crippen LogP contribution in [-0.2, 0) is 11.2 Å². The quantitative estimate of drug-likeness (QED) is 0.851. The molecular formula is C18H24N2O2S. The summed E-state index contributed by atoms with van der Waals surface area (Å²) in [6, 6.07) is 2.25. The van der Waals surface area contributed by atoms with Crippen LogP contribution < -0.4 is 0 Å². The predicted molar refractivity (Wildman–Crippen MR) is 90.5 cm³/mol. The fourth-order valence-corrected chi connectivity index (χ4v) is 4.69. The second-order valence-electron chi connectivity index (χ2n) is 7.23. The van der Waals surface area contributed by atoms with Gasteiger partial charge in [-0.15, -0.1) is 11.3 Å². The highest BCUT2D eigenvalue weighted by Gasteiger charge is 2.43. The van der Waals surface area contributed by atoms with Gasteiger partial charge in [0.2, 0.25) is 5.91 Å². The minimum Gasteiger partial charge on any atom is -0.337 e. The summed E-state index contributed by atoms with van der Waals surface area (Å²) in [5, 5.41) is 1.97. The van der Waals surface area contributed by atoms with Gasteiger partial charge in [0.25, 0.3) is 5.91 Å². The lowest BCUT2D eigenvalue weighted by Crippen LogP contribution is -2.48. The number of carbonyl (C=O) groups excluding carboxylic acids is 2. The van der Waals surface area contributed by atoms with Crippen LogP contribution in [-0.4, -0.2) is 47.3 Å². The van der Waals surface area contributed by atoms with Gasteiger partial charge in [-0.1, -0.05) is 6.92 Å². The molecule has 3 saturated heterocycles. The minimum atomic E-state index is 0.0146. The maximum Gasteiger partial charge on any atom is 0.254 e. The van der Waals surface area contributed by atoms with Crippen LogP contribution in [0, 0.1) is 11.8 Å². The van der Waals surface area contributed by atoms with E-state index in [9.17, 15) is 9.59 Å². The minimum absolute atomic E-state index is 0.0146. The molecular weight excluding hydrogens is 308 g/mol. The summed E-state index contributed by atoms with van der Waals surface area (Å²) in [5.41, 5.74) is 0.800. The maximum absolute atomic E-state index is 12.9. The van der Waals surface area contributed by atoms with Crippen molar-refractivity contribution in [1.29, 1.82) is 0 Å². The number of fused-ring (bicyclic) bond motifs is 4. The Kier molecular flexibility index (Phi) is 3.92. The molecule has 2 bridgehead atoms. The Bertz CT molecular complexity index is 622. The number of hydrogen-bond donors (Lipinski definition) is 0.